The van der Waals surface area contributed by atoms with Crippen LogP contribution in [0.4, 0.5) is 28.4 Å². The van der Waals surface area contributed by atoms with E-state index in [9.17, 15) is 22.9 Å². The molecule has 0 unspecified atom stereocenters. The molecule has 0 saturated carbocycles. The van der Waals surface area contributed by atoms with E-state index in [0.717, 1.165) is 23.7 Å². The van der Waals surface area contributed by atoms with Gasteiger partial charge in [-0.25, -0.2) is 10.5 Å². The molecule has 4 rings (SSSR count). The first-order valence-corrected chi connectivity index (χ1v) is 16.1. The van der Waals surface area contributed by atoms with Gasteiger partial charge in [0.05, 0.1) is 51.4 Å². The maximum absolute atomic E-state index is 12.3. The molecule has 0 aliphatic rings. The molecule has 4 aromatic carbocycles. The fourth-order valence-electron chi connectivity index (χ4n) is 3.63. The second-order valence-corrected chi connectivity index (χ2v) is 12.3. The molecule has 0 amide bonds. The number of benzene rings is 4. The van der Waals surface area contributed by atoms with E-state index >= 15 is 0 Å². The zero-order valence-electron chi connectivity index (χ0n) is 23.5. The SMILES string of the molecule is Cc1ccc(N=Nc2c(S(=O)(=O)O)cc3cc(SOOO)c(N=Nc4ccc(SOC(=O)CSOOO)cc4)c(O)c3c2N)cc1.O. The Balaban J connectivity index is 0.00000600. The lowest BCUT2D eigenvalue weighted by Crippen LogP contribution is -2.02. The predicted octanol–water partition coefficient (Wildman–Crippen LogP) is 6.74. The van der Waals surface area contributed by atoms with Crippen molar-refractivity contribution in [3.05, 3.63) is 66.2 Å². The lowest BCUT2D eigenvalue weighted by atomic mass is 10.1. The molecule has 0 bridgehead atoms. The first kappa shape index (κ1) is 37.5. The molecule has 18 nitrogen and oxygen atoms in total. The molecular formula is C25H23N5O13S4. The number of nitrogens with zero attached hydrogens (tertiary/aromatic N) is 4. The van der Waals surface area contributed by atoms with Crippen molar-refractivity contribution in [3.8, 4) is 5.75 Å². The summed E-state index contributed by atoms with van der Waals surface area (Å²) in [7, 11) is -4.89. The number of rotatable bonds is 14. The number of nitrogens with two attached hydrogens (primary N) is 1. The highest BCUT2D eigenvalue weighted by Crippen LogP contribution is 2.49. The Hall–Kier alpha value is -3.91. The minimum atomic E-state index is -4.89. The number of hydrogen-bond donors (Lipinski definition) is 5. The van der Waals surface area contributed by atoms with Crippen LogP contribution in [0.2, 0.25) is 0 Å². The van der Waals surface area contributed by atoms with Crippen molar-refractivity contribution in [1.82, 2.24) is 0 Å². The van der Waals surface area contributed by atoms with E-state index in [-0.39, 0.29) is 44.0 Å². The van der Waals surface area contributed by atoms with Crippen LogP contribution in [0.5, 0.6) is 5.75 Å². The fourth-order valence-corrected chi connectivity index (χ4v) is 5.61. The largest absolute Gasteiger partial charge is 0.505 e. The van der Waals surface area contributed by atoms with Gasteiger partial charge in [-0.3, -0.25) is 9.35 Å². The van der Waals surface area contributed by atoms with Crippen LogP contribution in [0.1, 0.15) is 5.56 Å². The van der Waals surface area contributed by atoms with E-state index in [1.54, 1.807) is 36.4 Å². The monoisotopic (exact) mass is 729 g/mol. The van der Waals surface area contributed by atoms with Crippen LogP contribution in [0.3, 0.4) is 0 Å². The first-order chi connectivity index (χ1) is 22.0. The number of azo groups is 2. The number of anilines is 1. The number of nitrogen functional groups attached to an aromatic ring is 1. The lowest BCUT2D eigenvalue weighted by Gasteiger charge is -2.14. The minimum absolute atomic E-state index is 0. The van der Waals surface area contributed by atoms with Gasteiger partial charge in [0.15, 0.2) is 5.75 Å². The number of hydrogen-bond acceptors (Lipinski definition) is 19. The molecule has 0 radical (unpaired) electrons. The maximum Gasteiger partial charge on any atom is 0.330 e. The van der Waals surface area contributed by atoms with Crippen molar-refractivity contribution in [1.29, 1.82) is 0 Å². The highest BCUT2D eigenvalue weighted by molar-refractivity contribution is 7.96. The van der Waals surface area contributed by atoms with E-state index in [2.05, 4.69) is 39.2 Å². The van der Waals surface area contributed by atoms with Crippen LogP contribution < -0.4 is 5.73 Å². The smallest absolute Gasteiger partial charge is 0.330 e. The molecule has 0 aromatic heterocycles. The van der Waals surface area contributed by atoms with E-state index in [4.69, 9.17) is 20.4 Å². The number of carbonyl (C=O) groups excluding carboxylic acids is 1. The van der Waals surface area contributed by atoms with Gasteiger partial charge in [-0.15, -0.1) is 18.9 Å². The molecule has 0 saturated heterocycles. The predicted molar refractivity (Wildman–Crippen MR) is 169 cm³/mol. The average Bonchev–Trinajstić information content (AvgIpc) is 3.02. The normalized spacial score (nSPS) is 11.7. The standard InChI is InChI=1S/C25H21N5O12S4.H2O/c1-13-2-4-15(5-3-13)28-30-24-19(46(35,36)37)11-14-10-18(45-42-40-34)23(25(32)21(14)22(24)26)29-27-16-6-8-17(9-7-16)44-38-20(31)12-43-41-39-33;/h2-11,32-34H,12,26H2,1H3,(H,35,36,37);1H2. The van der Waals surface area contributed by atoms with Crippen LogP contribution in [0, 0.1) is 6.92 Å². The summed E-state index contributed by atoms with van der Waals surface area (Å²) in [4.78, 5) is 11.5. The Morgan fingerprint density at radius 1 is 0.872 bits per heavy atom. The van der Waals surface area contributed by atoms with E-state index in [1.165, 1.54) is 18.2 Å². The van der Waals surface area contributed by atoms with Crippen molar-refractivity contribution in [2.45, 2.75) is 21.6 Å². The molecule has 47 heavy (non-hydrogen) atoms. The molecule has 0 fully saturated rings. The molecule has 8 N–H and O–H groups in total. The van der Waals surface area contributed by atoms with Crippen molar-refractivity contribution < 1.29 is 61.8 Å². The molecule has 0 spiro atoms. The number of aromatic hydroxyl groups is 1. The molecule has 0 aliphatic heterocycles. The number of phenolic OH excluding ortho intramolecular Hbond substituents is 1. The minimum Gasteiger partial charge on any atom is -0.505 e. The quantitative estimate of drug-likeness (QED) is 0.0171. The fraction of sp³-hybridized carbons (Fsp3) is 0.0800. The van der Waals surface area contributed by atoms with E-state index in [1.807, 2.05) is 6.92 Å². The Bertz CT molecular complexity index is 1880. The van der Waals surface area contributed by atoms with Gasteiger partial charge < -0.3 is 20.5 Å². The van der Waals surface area contributed by atoms with Crippen molar-refractivity contribution in [2.24, 2.45) is 20.5 Å². The summed E-state index contributed by atoms with van der Waals surface area (Å²) in [6.07, 6.45) is 0. The Morgan fingerprint density at radius 2 is 1.47 bits per heavy atom. The molecule has 4 aromatic rings. The van der Waals surface area contributed by atoms with Crippen LogP contribution >= 0.6 is 36.1 Å². The number of phenols is 1. The molecule has 22 heteroatoms. The van der Waals surface area contributed by atoms with Gasteiger partial charge in [0.2, 0.25) is 0 Å². The maximum atomic E-state index is 12.3. The summed E-state index contributed by atoms with van der Waals surface area (Å²) in [5, 5.41) is 51.2. The molecule has 0 atom stereocenters. The summed E-state index contributed by atoms with van der Waals surface area (Å²) in [5.74, 6) is -1.49. The van der Waals surface area contributed by atoms with Gasteiger partial charge >= 0.3 is 5.97 Å². The van der Waals surface area contributed by atoms with E-state index < -0.39 is 32.4 Å². The molecule has 250 valence electrons. The zero-order chi connectivity index (χ0) is 33.3. The van der Waals surface area contributed by atoms with Crippen LogP contribution in [-0.4, -0.2) is 45.8 Å². The first-order valence-electron chi connectivity index (χ1n) is 12.2. The van der Waals surface area contributed by atoms with Gasteiger partial charge in [0.1, 0.15) is 22.0 Å². The van der Waals surface area contributed by atoms with Gasteiger partial charge in [-0.2, -0.15) is 18.6 Å². The van der Waals surface area contributed by atoms with Gasteiger partial charge in [-0.05, 0) is 60.8 Å². The Morgan fingerprint density at radius 3 is 2.06 bits per heavy atom. The summed E-state index contributed by atoms with van der Waals surface area (Å²) < 4.78 is 48.1. The second-order valence-electron chi connectivity index (χ2n) is 8.68. The van der Waals surface area contributed by atoms with Crippen molar-refractivity contribution >= 4 is 91.4 Å². The number of fused-ring (bicyclic) bond motifs is 1. The van der Waals surface area contributed by atoms with Crippen LogP contribution in [0.15, 0.2) is 95.8 Å². The third-order valence-corrected chi connectivity index (χ3v) is 8.37. The third-order valence-electron chi connectivity index (χ3n) is 5.63. The van der Waals surface area contributed by atoms with Crippen molar-refractivity contribution in [3.63, 3.8) is 0 Å². The van der Waals surface area contributed by atoms with E-state index in [0.29, 0.717) is 34.7 Å². The number of aryl methyl sites for hydroxylation is 1. The molecular weight excluding hydrogens is 707 g/mol. The summed E-state index contributed by atoms with van der Waals surface area (Å²) >= 11 is 1.67. The highest BCUT2D eigenvalue weighted by Gasteiger charge is 2.25. The van der Waals surface area contributed by atoms with Crippen molar-refractivity contribution in [2.75, 3.05) is 11.5 Å². The van der Waals surface area contributed by atoms with Crippen LogP contribution in [0.25, 0.3) is 10.8 Å². The molecule has 0 heterocycles. The van der Waals surface area contributed by atoms with Gasteiger partial charge in [-0.1, -0.05) is 27.8 Å². The topological polar surface area (TPSA) is 285 Å². The second kappa shape index (κ2) is 17.3. The zero-order valence-corrected chi connectivity index (χ0v) is 26.8. The highest BCUT2D eigenvalue weighted by atomic mass is 32.2. The lowest BCUT2D eigenvalue weighted by molar-refractivity contribution is -0.432. The number of carbonyl (C=O) groups is 1. The third kappa shape index (κ3) is 10.0. The van der Waals surface area contributed by atoms with Gasteiger partial charge in [0, 0.05) is 16.9 Å². The Kier molecular flexibility index (Phi) is 13.8. The summed E-state index contributed by atoms with van der Waals surface area (Å²) in [6.45, 7) is 1.87. The van der Waals surface area contributed by atoms with Crippen LogP contribution in [-0.2, 0) is 37.8 Å². The summed E-state index contributed by atoms with van der Waals surface area (Å²) in [5.41, 5.74) is 6.90. The van der Waals surface area contributed by atoms with Gasteiger partial charge in [0.25, 0.3) is 10.1 Å². The Labute approximate surface area is 277 Å². The summed E-state index contributed by atoms with van der Waals surface area (Å²) in [6, 6.07) is 15.3. The average molecular weight is 730 g/mol. The molecule has 0 aliphatic carbocycles.